The highest BCUT2D eigenvalue weighted by atomic mass is 32.2. The molecule has 1 aliphatic carbocycles. The third kappa shape index (κ3) is 6.92. The number of hydrogen-bond donors (Lipinski definition) is 3. The summed E-state index contributed by atoms with van der Waals surface area (Å²) >= 11 is 0. The van der Waals surface area contributed by atoms with Gasteiger partial charge in [-0.15, -0.1) is 0 Å². The zero-order valence-corrected chi connectivity index (χ0v) is 24.6. The Morgan fingerprint density at radius 2 is 1.76 bits per heavy atom. The largest absolute Gasteiger partial charge is 0.493 e. The van der Waals surface area contributed by atoms with Crippen LogP contribution >= 0.6 is 0 Å². The maximum Gasteiger partial charge on any atom is 0.220 e. The number of carbonyl (C=O) groups is 2. The van der Waals surface area contributed by atoms with Gasteiger partial charge in [0.05, 0.1) is 44.6 Å². The van der Waals surface area contributed by atoms with E-state index in [1.165, 1.54) is 20.1 Å². The van der Waals surface area contributed by atoms with E-state index in [-0.39, 0.29) is 41.2 Å². The van der Waals surface area contributed by atoms with Crippen LogP contribution in [0.4, 0.5) is 5.69 Å². The lowest BCUT2D eigenvalue weighted by Gasteiger charge is -2.19. The van der Waals surface area contributed by atoms with Gasteiger partial charge in [-0.25, -0.2) is 8.42 Å². The molecule has 4 rings (SSSR count). The van der Waals surface area contributed by atoms with Gasteiger partial charge in [-0.3, -0.25) is 14.4 Å². The quantitative estimate of drug-likeness (QED) is 0.356. The van der Waals surface area contributed by atoms with Crippen LogP contribution in [0.5, 0.6) is 17.2 Å². The second-order valence-corrected chi connectivity index (χ2v) is 12.5. The van der Waals surface area contributed by atoms with Gasteiger partial charge in [0.25, 0.3) is 0 Å². The van der Waals surface area contributed by atoms with E-state index in [0.717, 1.165) is 16.7 Å². The Bertz CT molecular complexity index is 1490. The average molecular weight is 588 g/mol. The number of carbonyl (C=O) groups excluding carboxylic acids is 2. The first kappa shape index (κ1) is 30.2. The molecule has 0 unspecified atom stereocenters. The Morgan fingerprint density at radius 1 is 1.00 bits per heavy atom. The normalized spacial score (nSPS) is 18.7. The maximum atomic E-state index is 13.4. The number of aryl methyl sites for hydroxylation is 1. The predicted molar refractivity (Wildman–Crippen MR) is 156 cm³/mol. The van der Waals surface area contributed by atoms with E-state index in [0.29, 0.717) is 60.7 Å². The highest BCUT2D eigenvalue weighted by molar-refractivity contribution is 7.91. The molecule has 41 heavy (non-hydrogen) atoms. The number of benzene rings is 1. The van der Waals surface area contributed by atoms with E-state index < -0.39 is 15.9 Å². The number of ether oxygens (including phenoxy) is 3. The molecule has 0 spiro atoms. The Kier molecular flexibility index (Phi) is 9.42. The van der Waals surface area contributed by atoms with Crippen molar-refractivity contribution < 1.29 is 32.2 Å². The Hall–Kier alpha value is -3.80. The lowest BCUT2D eigenvalue weighted by molar-refractivity contribution is -0.122. The van der Waals surface area contributed by atoms with E-state index in [9.17, 15) is 22.8 Å². The Labute approximate surface area is 239 Å². The van der Waals surface area contributed by atoms with Crippen LogP contribution in [0, 0.1) is 0 Å². The first-order chi connectivity index (χ1) is 19.6. The van der Waals surface area contributed by atoms with E-state index >= 15 is 0 Å². The highest BCUT2D eigenvalue weighted by Crippen LogP contribution is 2.50. The standard InChI is InChI=1S/C29H37N3O8S/c1-17(33)31-22-9-7-18-14-25(38-2)28(39-3)29(40-4)27(18)20-8-10-23(24(34)15-21(20)22)30-12-5-6-26(35)32-19-11-13-41(36,37)16-19/h8,10,14-15,19,22H,5-7,9,11-13,16H2,1-4H3,(H,30,34)(H,31,33)(H,32,35)/t19-,22-/m0/s1. The minimum atomic E-state index is -3.07. The molecule has 1 aliphatic heterocycles. The summed E-state index contributed by atoms with van der Waals surface area (Å²) < 4.78 is 40.2. The first-order valence-corrected chi connectivity index (χ1v) is 15.4. The zero-order chi connectivity index (χ0) is 29.7. The Morgan fingerprint density at radius 3 is 2.39 bits per heavy atom. The van der Waals surface area contributed by atoms with Gasteiger partial charge in [0.2, 0.25) is 23.0 Å². The van der Waals surface area contributed by atoms with Crippen molar-refractivity contribution in [2.75, 3.05) is 44.7 Å². The number of fused-ring (bicyclic) bond motifs is 3. The zero-order valence-electron chi connectivity index (χ0n) is 23.8. The molecule has 222 valence electrons. The molecule has 1 saturated heterocycles. The van der Waals surface area contributed by atoms with Crippen LogP contribution in [0.25, 0.3) is 11.1 Å². The number of sulfone groups is 1. The Balaban J connectivity index is 1.61. The van der Waals surface area contributed by atoms with Crippen molar-refractivity contribution in [1.29, 1.82) is 0 Å². The highest BCUT2D eigenvalue weighted by Gasteiger charge is 2.30. The van der Waals surface area contributed by atoms with Crippen molar-refractivity contribution in [3.63, 3.8) is 0 Å². The third-order valence-electron chi connectivity index (χ3n) is 7.41. The summed E-state index contributed by atoms with van der Waals surface area (Å²) in [6, 6.07) is 6.21. The smallest absolute Gasteiger partial charge is 0.220 e. The van der Waals surface area contributed by atoms with Crippen LogP contribution in [-0.4, -0.2) is 65.7 Å². The third-order valence-corrected chi connectivity index (χ3v) is 9.18. The molecule has 12 heteroatoms. The van der Waals surface area contributed by atoms with Crippen molar-refractivity contribution in [2.45, 2.75) is 51.1 Å². The van der Waals surface area contributed by atoms with Crippen LogP contribution in [0.15, 0.2) is 29.1 Å². The second kappa shape index (κ2) is 12.8. The van der Waals surface area contributed by atoms with Gasteiger partial charge in [-0.2, -0.15) is 0 Å². The topological polar surface area (TPSA) is 149 Å². The summed E-state index contributed by atoms with van der Waals surface area (Å²) in [5, 5.41) is 8.89. The fourth-order valence-electron chi connectivity index (χ4n) is 5.53. The summed E-state index contributed by atoms with van der Waals surface area (Å²) in [5.74, 6) is 1.08. The lowest BCUT2D eigenvalue weighted by atomic mass is 9.95. The van der Waals surface area contributed by atoms with Gasteiger partial charge in [0.1, 0.15) is 0 Å². The lowest BCUT2D eigenvalue weighted by Crippen LogP contribution is -2.35. The molecule has 1 fully saturated rings. The minimum Gasteiger partial charge on any atom is -0.493 e. The number of anilines is 1. The SMILES string of the molecule is COc1cc2c(c(OC)c1OC)-c1ccc(NCCCC(=O)N[C@H]3CCS(=O)(=O)C3)c(=O)cc1[C@@H](NC(C)=O)CC2. The number of rotatable bonds is 10. The van der Waals surface area contributed by atoms with Gasteiger partial charge in [-0.1, -0.05) is 6.07 Å². The average Bonchev–Trinajstić information content (AvgIpc) is 3.09. The van der Waals surface area contributed by atoms with Crippen LogP contribution in [-0.2, 0) is 25.8 Å². The molecule has 0 aromatic heterocycles. The fourth-order valence-corrected chi connectivity index (χ4v) is 7.21. The first-order valence-electron chi connectivity index (χ1n) is 13.6. The summed E-state index contributed by atoms with van der Waals surface area (Å²) in [6.45, 7) is 1.81. The maximum absolute atomic E-state index is 13.4. The number of nitrogens with one attached hydrogen (secondary N) is 3. The van der Waals surface area contributed by atoms with Gasteiger partial charge >= 0.3 is 0 Å². The van der Waals surface area contributed by atoms with Gasteiger partial charge in [-0.05, 0) is 60.6 Å². The summed E-state index contributed by atoms with van der Waals surface area (Å²) in [4.78, 5) is 37.7. The van der Waals surface area contributed by atoms with Crippen LogP contribution in [0.3, 0.4) is 0 Å². The van der Waals surface area contributed by atoms with E-state index in [4.69, 9.17) is 14.2 Å². The van der Waals surface area contributed by atoms with Gasteiger partial charge in [0.15, 0.2) is 21.3 Å². The van der Waals surface area contributed by atoms with Crippen molar-refractivity contribution in [3.05, 3.63) is 45.6 Å². The van der Waals surface area contributed by atoms with Crippen molar-refractivity contribution in [1.82, 2.24) is 10.6 Å². The fraction of sp³-hybridized carbons (Fsp3) is 0.483. The molecule has 0 radical (unpaired) electrons. The molecule has 2 aliphatic rings. The predicted octanol–water partition coefficient (Wildman–Crippen LogP) is 2.36. The molecule has 2 amide bonds. The number of amides is 2. The monoisotopic (exact) mass is 587 g/mol. The van der Waals surface area contributed by atoms with Crippen LogP contribution in [0.1, 0.15) is 49.8 Å². The summed E-state index contributed by atoms with van der Waals surface area (Å²) in [6.07, 6.45) is 2.24. The number of hydrogen-bond acceptors (Lipinski definition) is 9. The van der Waals surface area contributed by atoms with Crippen molar-refractivity contribution >= 4 is 27.3 Å². The van der Waals surface area contributed by atoms with Crippen LogP contribution in [0.2, 0.25) is 0 Å². The van der Waals surface area contributed by atoms with E-state index in [1.54, 1.807) is 20.3 Å². The molecule has 3 N–H and O–H groups in total. The van der Waals surface area contributed by atoms with Crippen molar-refractivity contribution in [3.8, 4) is 28.4 Å². The molecule has 2 atom stereocenters. The molecule has 11 nitrogen and oxygen atoms in total. The molecule has 0 bridgehead atoms. The molecule has 0 saturated carbocycles. The van der Waals surface area contributed by atoms with Gasteiger partial charge in [0, 0.05) is 31.5 Å². The van der Waals surface area contributed by atoms with E-state index in [1.807, 2.05) is 12.1 Å². The molecular formula is C29H37N3O8S. The number of methoxy groups -OCH3 is 3. The second-order valence-electron chi connectivity index (χ2n) is 10.3. The summed E-state index contributed by atoms with van der Waals surface area (Å²) in [5.41, 5.74) is 3.18. The molecular weight excluding hydrogens is 550 g/mol. The molecule has 1 heterocycles. The molecule has 2 aromatic rings. The van der Waals surface area contributed by atoms with Gasteiger partial charge < -0.3 is 30.2 Å². The summed E-state index contributed by atoms with van der Waals surface area (Å²) in [7, 11) is 1.56. The molecule has 2 aromatic carbocycles. The van der Waals surface area contributed by atoms with Crippen LogP contribution < -0.4 is 35.6 Å². The van der Waals surface area contributed by atoms with Crippen molar-refractivity contribution in [2.24, 2.45) is 0 Å². The minimum absolute atomic E-state index is 0.0201. The van der Waals surface area contributed by atoms with E-state index in [2.05, 4.69) is 16.0 Å².